The maximum atomic E-state index is 12.8. The largest absolute Gasteiger partial charge is 0.351 e. The summed E-state index contributed by atoms with van der Waals surface area (Å²) in [4.78, 5) is 14.2. The molecule has 1 heterocycles. The van der Waals surface area contributed by atoms with Crippen molar-refractivity contribution < 1.29 is 4.79 Å². The summed E-state index contributed by atoms with van der Waals surface area (Å²) in [6.45, 7) is 2.30. The summed E-state index contributed by atoms with van der Waals surface area (Å²) in [5.74, 6) is 3.12. The maximum absolute atomic E-state index is 12.8. The number of carbonyl (C=O) groups excluding carboxylic acids is 1. The molecule has 1 aromatic heterocycles. The van der Waals surface area contributed by atoms with Gasteiger partial charge >= 0.3 is 0 Å². The van der Waals surface area contributed by atoms with E-state index in [9.17, 15) is 4.79 Å². The van der Waals surface area contributed by atoms with Gasteiger partial charge in [0.25, 0.3) is 0 Å². The van der Waals surface area contributed by atoms with Crippen LogP contribution in [0.5, 0.6) is 0 Å². The Bertz CT molecular complexity index is 858. The number of hydrogen-bond donors (Lipinski definition) is 1. The fraction of sp³-hybridized carbons (Fsp3) is 0.636. The third-order valence-electron chi connectivity index (χ3n) is 7.41. The number of hydrogen-bond acceptors (Lipinski definition) is 4. The fourth-order valence-corrected chi connectivity index (χ4v) is 6.81. The smallest absolute Gasteiger partial charge is 0.243 e. The number of rotatable bonds is 6. The van der Waals surface area contributed by atoms with E-state index in [1.807, 2.05) is 12.1 Å². The van der Waals surface area contributed by atoms with Crippen LogP contribution < -0.4 is 5.32 Å². The number of tetrazole rings is 1. The van der Waals surface area contributed by atoms with Crippen LogP contribution in [0.1, 0.15) is 51.9 Å². The Balaban J connectivity index is 1.25. The summed E-state index contributed by atoms with van der Waals surface area (Å²) < 4.78 is 0. The van der Waals surface area contributed by atoms with Gasteiger partial charge in [-0.1, -0.05) is 18.5 Å². The van der Waals surface area contributed by atoms with Gasteiger partial charge in [-0.25, -0.2) is 0 Å². The van der Waals surface area contributed by atoms with E-state index in [2.05, 4.69) is 27.7 Å². The summed E-state index contributed by atoms with van der Waals surface area (Å²) in [6, 6.07) is 7.54. The van der Waals surface area contributed by atoms with Gasteiger partial charge in [0.15, 0.2) is 0 Å². The molecule has 0 radical (unpaired) electrons. The average Bonchev–Trinajstić information content (AvgIpc) is 3.14. The molecule has 4 bridgehead atoms. The first kappa shape index (κ1) is 19.0. The monoisotopic (exact) mass is 413 g/mol. The van der Waals surface area contributed by atoms with Crippen molar-refractivity contribution in [3.05, 3.63) is 29.3 Å². The molecule has 2 aromatic rings. The van der Waals surface area contributed by atoms with Gasteiger partial charge in [-0.15, -0.1) is 10.2 Å². The summed E-state index contributed by atoms with van der Waals surface area (Å²) in [5, 5.41) is 16.5. The van der Waals surface area contributed by atoms with E-state index in [4.69, 9.17) is 11.6 Å². The van der Waals surface area contributed by atoms with Gasteiger partial charge in [0, 0.05) is 16.6 Å². The van der Waals surface area contributed by atoms with Crippen LogP contribution in [0.3, 0.4) is 0 Å². The highest BCUT2D eigenvalue weighted by molar-refractivity contribution is 6.30. The van der Waals surface area contributed by atoms with Crippen molar-refractivity contribution in [2.75, 3.05) is 0 Å². The van der Waals surface area contributed by atoms with Gasteiger partial charge in [-0.05, 0) is 97.6 Å². The van der Waals surface area contributed by atoms with Gasteiger partial charge in [-0.2, -0.15) is 4.80 Å². The molecule has 154 valence electrons. The van der Waals surface area contributed by atoms with Gasteiger partial charge in [0.2, 0.25) is 11.7 Å². The number of nitrogens with one attached hydrogen (secondary N) is 1. The van der Waals surface area contributed by atoms with Crippen molar-refractivity contribution in [3.8, 4) is 11.4 Å². The number of carbonyl (C=O) groups is 1. The third-order valence-corrected chi connectivity index (χ3v) is 7.66. The molecule has 1 atom stereocenters. The predicted molar refractivity (Wildman–Crippen MR) is 111 cm³/mol. The normalized spacial score (nSPS) is 31.0. The van der Waals surface area contributed by atoms with Crippen LogP contribution in [-0.4, -0.2) is 32.2 Å². The van der Waals surface area contributed by atoms with Gasteiger partial charge in [0.05, 0.1) is 0 Å². The van der Waals surface area contributed by atoms with E-state index in [1.165, 1.54) is 43.3 Å². The highest BCUT2D eigenvalue weighted by Crippen LogP contribution is 2.61. The lowest BCUT2D eigenvalue weighted by atomic mass is 9.47. The first-order valence-corrected chi connectivity index (χ1v) is 11.2. The molecule has 6 rings (SSSR count). The van der Waals surface area contributed by atoms with Gasteiger partial charge < -0.3 is 5.32 Å². The number of aromatic nitrogens is 4. The minimum Gasteiger partial charge on any atom is -0.351 e. The Morgan fingerprint density at radius 1 is 1.17 bits per heavy atom. The second-order valence-electron chi connectivity index (χ2n) is 9.46. The van der Waals surface area contributed by atoms with Crippen molar-refractivity contribution in [1.82, 2.24) is 25.5 Å². The minimum absolute atomic E-state index is 0.0207. The lowest BCUT2D eigenvalue weighted by molar-refractivity contribution is -0.127. The molecule has 4 aliphatic carbocycles. The topological polar surface area (TPSA) is 72.7 Å². The second kappa shape index (κ2) is 7.38. The standard InChI is InChI=1S/C22H28ClN5O/c1-2-19(22-10-14-7-15(11-22)9-16(8-14)12-22)24-20(29)13-28-26-21(25-27-28)17-3-5-18(23)6-4-17/h3-6,14-16,19H,2,7-13H2,1H3,(H,24,29). The fourth-order valence-electron chi connectivity index (χ4n) is 6.69. The second-order valence-corrected chi connectivity index (χ2v) is 9.90. The molecule has 4 saturated carbocycles. The van der Waals surface area contributed by atoms with Crippen LogP contribution in [0.2, 0.25) is 5.02 Å². The Morgan fingerprint density at radius 2 is 1.79 bits per heavy atom. The molecule has 4 aliphatic rings. The van der Waals surface area contributed by atoms with Crippen molar-refractivity contribution in [3.63, 3.8) is 0 Å². The molecular formula is C22H28ClN5O. The van der Waals surface area contributed by atoms with Crippen molar-refractivity contribution in [2.24, 2.45) is 23.2 Å². The zero-order valence-electron chi connectivity index (χ0n) is 16.9. The lowest BCUT2D eigenvalue weighted by Crippen LogP contribution is -2.57. The molecule has 0 saturated heterocycles. The van der Waals surface area contributed by atoms with Crippen LogP contribution in [0.15, 0.2) is 24.3 Å². The molecule has 6 nitrogen and oxygen atoms in total. The third kappa shape index (κ3) is 3.67. The van der Waals surface area contributed by atoms with Crippen molar-refractivity contribution in [2.45, 2.75) is 64.5 Å². The van der Waals surface area contributed by atoms with E-state index in [-0.39, 0.29) is 18.5 Å². The number of halogens is 1. The molecule has 0 aliphatic heterocycles. The SMILES string of the molecule is CCC(NC(=O)Cn1nnc(-c2ccc(Cl)cc2)n1)C12CC3CC(CC(C3)C1)C2. The van der Waals surface area contributed by atoms with Crippen LogP contribution in [-0.2, 0) is 11.3 Å². The number of nitrogens with zero attached hydrogens (tertiary/aromatic N) is 4. The first-order chi connectivity index (χ1) is 14.0. The molecule has 1 unspecified atom stereocenters. The zero-order valence-corrected chi connectivity index (χ0v) is 17.6. The summed E-state index contributed by atoms with van der Waals surface area (Å²) >= 11 is 5.93. The van der Waals surface area contributed by atoms with Crippen LogP contribution >= 0.6 is 11.6 Å². The van der Waals surface area contributed by atoms with E-state index in [0.717, 1.165) is 29.7 Å². The lowest BCUT2D eigenvalue weighted by Gasteiger charge is -2.59. The Labute approximate surface area is 176 Å². The molecule has 29 heavy (non-hydrogen) atoms. The van der Waals surface area contributed by atoms with E-state index in [0.29, 0.717) is 16.3 Å². The summed E-state index contributed by atoms with van der Waals surface area (Å²) in [5.41, 5.74) is 1.14. The Kier molecular flexibility index (Phi) is 4.85. The summed E-state index contributed by atoms with van der Waals surface area (Å²) in [6.07, 6.45) is 9.11. The van der Waals surface area contributed by atoms with Gasteiger partial charge in [-0.3, -0.25) is 4.79 Å². The number of benzene rings is 1. The Hall–Kier alpha value is -1.95. The molecular weight excluding hydrogens is 386 g/mol. The highest BCUT2D eigenvalue weighted by Gasteiger charge is 2.54. The van der Waals surface area contributed by atoms with Crippen LogP contribution in [0.25, 0.3) is 11.4 Å². The highest BCUT2D eigenvalue weighted by atomic mass is 35.5. The minimum atomic E-state index is -0.0207. The molecule has 4 fully saturated rings. The predicted octanol–water partition coefficient (Wildman–Crippen LogP) is 4.10. The van der Waals surface area contributed by atoms with E-state index in [1.54, 1.807) is 12.1 Å². The molecule has 1 amide bonds. The molecule has 0 spiro atoms. The average molecular weight is 414 g/mol. The summed E-state index contributed by atoms with van der Waals surface area (Å²) in [7, 11) is 0. The van der Waals surface area contributed by atoms with Gasteiger partial charge in [0.1, 0.15) is 6.54 Å². The quantitative estimate of drug-likeness (QED) is 0.773. The zero-order chi connectivity index (χ0) is 20.0. The molecule has 1 aromatic carbocycles. The van der Waals surface area contributed by atoms with Crippen molar-refractivity contribution >= 4 is 17.5 Å². The van der Waals surface area contributed by atoms with Crippen molar-refractivity contribution in [1.29, 1.82) is 0 Å². The Morgan fingerprint density at radius 3 is 2.38 bits per heavy atom. The molecule has 7 heteroatoms. The van der Waals surface area contributed by atoms with Crippen LogP contribution in [0, 0.1) is 23.2 Å². The first-order valence-electron chi connectivity index (χ1n) is 10.9. The maximum Gasteiger partial charge on any atom is 0.243 e. The molecule has 1 N–H and O–H groups in total. The van der Waals surface area contributed by atoms with E-state index < -0.39 is 0 Å². The van der Waals surface area contributed by atoms with Crippen LogP contribution in [0.4, 0.5) is 0 Å². The number of amides is 1. The van der Waals surface area contributed by atoms with E-state index >= 15 is 0 Å².